The number of nitrogens with one attached hydrogen (secondary N) is 1. The zero-order valence-electron chi connectivity index (χ0n) is 10.7. The molecule has 0 saturated heterocycles. The molecule has 0 saturated carbocycles. The molecule has 0 amide bonds. The topological polar surface area (TPSA) is 12.0 Å². The summed E-state index contributed by atoms with van der Waals surface area (Å²) in [7, 11) is 0. The number of alkyl halides is 1. The van der Waals surface area contributed by atoms with Gasteiger partial charge in [-0.2, -0.15) is 0 Å². The maximum atomic E-state index is 5.97. The van der Waals surface area contributed by atoms with Crippen LogP contribution in [0.5, 0.6) is 0 Å². The van der Waals surface area contributed by atoms with Crippen LogP contribution in [0.3, 0.4) is 0 Å². The van der Waals surface area contributed by atoms with Gasteiger partial charge in [-0.15, -0.1) is 11.6 Å². The van der Waals surface area contributed by atoms with Crippen molar-refractivity contribution in [1.82, 2.24) is 5.32 Å². The zero-order chi connectivity index (χ0) is 12.2. The second-order valence-corrected chi connectivity index (χ2v) is 5.09. The van der Waals surface area contributed by atoms with Gasteiger partial charge >= 0.3 is 0 Å². The molecule has 0 fully saturated rings. The molecule has 0 spiro atoms. The Bertz CT molecular complexity index is 343. The van der Waals surface area contributed by atoms with Gasteiger partial charge in [-0.3, -0.25) is 0 Å². The summed E-state index contributed by atoms with van der Waals surface area (Å²) < 4.78 is 0. The lowest BCUT2D eigenvalue weighted by Crippen LogP contribution is -2.42. The number of halogens is 1. The van der Waals surface area contributed by atoms with Crippen LogP contribution in [0.4, 0.5) is 0 Å². The minimum atomic E-state index is 0.0420. The van der Waals surface area contributed by atoms with Crippen LogP contribution in [-0.2, 0) is 6.54 Å². The van der Waals surface area contributed by atoms with E-state index in [0.29, 0.717) is 5.88 Å². The fourth-order valence-electron chi connectivity index (χ4n) is 1.50. The Morgan fingerprint density at radius 2 is 1.94 bits per heavy atom. The van der Waals surface area contributed by atoms with Gasteiger partial charge in [0.2, 0.25) is 0 Å². The Hall–Kier alpha value is -0.530. The lowest BCUT2D eigenvalue weighted by molar-refractivity contribution is 0.379. The molecule has 0 aromatic heterocycles. The molecule has 90 valence electrons. The minimum Gasteiger partial charge on any atom is -0.306 e. The smallest absolute Gasteiger partial charge is 0.0403 e. The Kier molecular flexibility index (Phi) is 4.82. The van der Waals surface area contributed by atoms with Crippen LogP contribution in [0, 0.1) is 13.8 Å². The largest absolute Gasteiger partial charge is 0.306 e. The Morgan fingerprint density at radius 1 is 1.25 bits per heavy atom. The second kappa shape index (κ2) is 5.70. The molecule has 1 unspecified atom stereocenters. The van der Waals surface area contributed by atoms with E-state index in [1.165, 1.54) is 16.7 Å². The number of benzene rings is 1. The highest BCUT2D eigenvalue weighted by molar-refractivity contribution is 6.18. The molecule has 1 nitrogen and oxygen atoms in total. The summed E-state index contributed by atoms with van der Waals surface area (Å²) in [4.78, 5) is 0. The van der Waals surface area contributed by atoms with Gasteiger partial charge in [0.15, 0.2) is 0 Å². The molecule has 1 N–H and O–H groups in total. The van der Waals surface area contributed by atoms with Gasteiger partial charge < -0.3 is 5.32 Å². The van der Waals surface area contributed by atoms with Crippen LogP contribution < -0.4 is 5.32 Å². The maximum absolute atomic E-state index is 5.97. The molecule has 0 radical (unpaired) electrons. The SMILES string of the molecule is CCC(C)(CCl)NCc1ccc(C)c(C)c1. The van der Waals surface area contributed by atoms with Crippen LogP contribution in [0.25, 0.3) is 0 Å². The fraction of sp³-hybridized carbons (Fsp3) is 0.571. The van der Waals surface area contributed by atoms with Crippen molar-refractivity contribution in [2.75, 3.05) is 5.88 Å². The summed E-state index contributed by atoms with van der Waals surface area (Å²) in [6, 6.07) is 6.60. The van der Waals surface area contributed by atoms with Crippen molar-refractivity contribution in [3.8, 4) is 0 Å². The molecular formula is C14H22ClN. The van der Waals surface area contributed by atoms with Crippen LogP contribution in [-0.4, -0.2) is 11.4 Å². The predicted octanol–water partition coefficient (Wildman–Crippen LogP) is 3.80. The first-order valence-corrected chi connectivity index (χ1v) is 6.41. The zero-order valence-corrected chi connectivity index (χ0v) is 11.5. The third-order valence-corrected chi connectivity index (χ3v) is 3.96. The van der Waals surface area contributed by atoms with E-state index >= 15 is 0 Å². The molecule has 0 aliphatic rings. The van der Waals surface area contributed by atoms with E-state index in [9.17, 15) is 0 Å². The molecule has 0 bridgehead atoms. The second-order valence-electron chi connectivity index (χ2n) is 4.82. The lowest BCUT2D eigenvalue weighted by atomic mass is 10.0. The molecule has 0 aliphatic heterocycles. The highest BCUT2D eigenvalue weighted by Gasteiger charge is 2.19. The van der Waals surface area contributed by atoms with Crippen molar-refractivity contribution >= 4 is 11.6 Å². The summed E-state index contributed by atoms with van der Waals surface area (Å²) in [5, 5.41) is 3.53. The van der Waals surface area contributed by atoms with E-state index in [4.69, 9.17) is 11.6 Å². The molecule has 1 aromatic rings. The first kappa shape index (κ1) is 13.5. The number of rotatable bonds is 5. The van der Waals surface area contributed by atoms with E-state index in [2.05, 4.69) is 51.2 Å². The average molecular weight is 240 g/mol. The summed E-state index contributed by atoms with van der Waals surface area (Å²) in [5.74, 6) is 0.647. The first-order valence-electron chi connectivity index (χ1n) is 5.88. The van der Waals surface area contributed by atoms with E-state index < -0.39 is 0 Å². The molecule has 1 rings (SSSR count). The van der Waals surface area contributed by atoms with Gasteiger partial charge in [0.1, 0.15) is 0 Å². The van der Waals surface area contributed by atoms with Crippen molar-refractivity contribution < 1.29 is 0 Å². The Balaban J connectivity index is 2.64. The summed E-state index contributed by atoms with van der Waals surface area (Å²) >= 11 is 5.97. The molecule has 2 heteroatoms. The molecule has 16 heavy (non-hydrogen) atoms. The minimum absolute atomic E-state index is 0.0420. The lowest BCUT2D eigenvalue weighted by Gasteiger charge is -2.27. The number of hydrogen-bond acceptors (Lipinski definition) is 1. The quantitative estimate of drug-likeness (QED) is 0.771. The summed E-state index contributed by atoms with van der Waals surface area (Å²) in [5.41, 5.74) is 4.07. The first-order chi connectivity index (χ1) is 7.50. The highest BCUT2D eigenvalue weighted by atomic mass is 35.5. The van der Waals surface area contributed by atoms with Crippen molar-refractivity contribution in [3.05, 3.63) is 34.9 Å². The van der Waals surface area contributed by atoms with Gasteiger partial charge in [0.05, 0.1) is 0 Å². The summed E-state index contributed by atoms with van der Waals surface area (Å²) in [6.45, 7) is 9.51. The molecular weight excluding hydrogens is 218 g/mol. The Morgan fingerprint density at radius 3 is 2.44 bits per heavy atom. The fourth-order valence-corrected chi connectivity index (χ4v) is 1.78. The van der Waals surface area contributed by atoms with E-state index in [0.717, 1.165) is 13.0 Å². The van der Waals surface area contributed by atoms with Crippen LogP contribution in [0.2, 0.25) is 0 Å². The average Bonchev–Trinajstić information content (AvgIpc) is 2.30. The van der Waals surface area contributed by atoms with E-state index in [-0.39, 0.29) is 5.54 Å². The van der Waals surface area contributed by atoms with Crippen molar-refractivity contribution in [2.45, 2.75) is 46.2 Å². The van der Waals surface area contributed by atoms with Gasteiger partial charge in [-0.05, 0) is 43.9 Å². The van der Waals surface area contributed by atoms with Gasteiger partial charge in [0, 0.05) is 18.0 Å². The van der Waals surface area contributed by atoms with E-state index in [1.807, 2.05) is 0 Å². The monoisotopic (exact) mass is 239 g/mol. The van der Waals surface area contributed by atoms with Crippen LogP contribution in [0.1, 0.15) is 37.0 Å². The van der Waals surface area contributed by atoms with Gasteiger partial charge in [-0.25, -0.2) is 0 Å². The van der Waals surface area contributed by atoms with Gasteiger partial charge in [0.25, 0.3) is 0 Å². The van der Waals surface area contributed by atoms with Crippen LogP contribution >= 0.6 is 11.6 Å². The molecule has 1 atom stereocenters. The molecule has 1 aromatic carbocycles. The van der Waals surface area contributed by atoms with Crippen molar-refractivity contribution in [2.24, 2.45) is 0 Å². The highest BCUT2D eigenvalue weighted by Crippen LogP contribution is 2.14. The predicted molar refractivity (Wildman–Crippen MR) is 72.2 cm³/mol. The van der Waals surface area contributed by atoms with E-state index in [1.54, 1.807) is 0 Å². The Labute approximate surface area is 104 Å². The van der Waals surface area contributed by atoms with Gasteiger partial charge in [-0.1, -0.05) is 25.1 Å². The standard InChI is InChI=1S/C14H22ClN/c1-5-14(4,10-15)16-9-13-7-6-11(2)12(3)8-13/h6-8,16H,5,9-10H2,1-4H3. The third-order valence-electron chi connectivity index (χ3n) is 3.37. The summed E-state index contributed by atoms with van der Waals surface area (Å²) in [6.07, 6.45) is 1.04. The number of hydrogen-bond donors (Lipinski definition) is 1. The van der Waals surface area contributed by atoms with Crippen molar-refractivity contribution in [1.29, 1.82) is 0 Å². The normalized spacial score (nSPS) is 14.8. The molecule has 0 heterocycles. The maximum Gasteiger partial charge on any atom is 0.0403 e. The van der Waals surface area contributed by atoms with Crippen molar-refractivity contribution in [3.63, 3.8) is 0 Å². The molecule has 0 aliphatic carbocycles. The number of aryl methyl sites for hydroxylation is 2. The van der Waals surface area contributed by atoms with Crippen LogP contribution in [0.15, 0.2) is 18.2 Å². The third kappa shape index (κ3) is 3.50.